The number of pyridine rings is 1. The van der Waals surface area contributed by atoms with Crippen LogP contribution in [0, 0.1) is 0 Å². The minimum absolute atomic E-state index is 0.187. The lowest BCUT2D eigenvalue weighted by Gasteiger charge is -2.10. The summed E-state index contributed by atoms with van der Waals surface area (Å²) in [6.07, 6.45) is 3.24. The lowest BCUT2D eigenvalue weighted by molar-refractivity contribution is 0.580. The van der Waals surface area contributed by atoms with Crippen LogP contribution in [0.25, 0.3) is 0 Å². The molecule has 0 aliphatic rings. The van der Waals surface area contributed by atoms with Crippen molar-refractivity contribution in [3.05, 3.63) is 59.9 Å². The van der Waals surface area contributed by atoms with Gasteiger partial charge in [0, 0.05) is 25.5 Å². The quantitative estimate of drug-likeness (QED) is 0.854. The molecule has 0 saturated carbocycles. The SMILES string of the molecule is NCc1ccccc1S(=O)(=O)NCc1ccncc1. The number of sulfonamides is 1. The molecule has 0 atom stereocenters. The first kappa shape index (κ1) is 13.7. The molecular formula is C13H15N3O2S. The summed E-state index contributed by atoms with van der Waals surface area (Å²) in [5.74, 6) is 0. The van der Waals surface area contributed by atoms with Crippen molar-refractivity contribution in [2.45, 2.75) is 18.0 Å². The van der Waals surface area contributed by atoms with Gasteiger partial charge in [-0.25, -0.2) is 13.1 Å². The van der Waals surface area contributed by atoms with Gasteiger partial charge in [-0.15, -0.1) is 0 Å². The highest BCUT2D eigenvalue weighted by atomic mass is 32.2. The number of rotatable bonds is 5. The molecule has 5 nitrogen and oxygen atoms in total. The number of benzene rings is 1. The van der Waals surface area contributed by atoms with E-state index in [1.165, 1.54) is 0 Å². The summed E-state index contributed by atoms with van der Waals surface area (Å²) in [5.41, 5.74) is 7.01. The molecular weight excluding hydrogens is 262 g/mol. The fraction of sp³-hybridized carbons (Fsp3) is 0.154. The molecule has 0 spiro atoms. The number of hydrogen-bond acceptors (Lipinski definition) is 4. The molecule has 0 aliphatic heterocycles. The van der Waals surface area contributed by atoms with E-state index in [-0.39, 0.29) is 18.0 Å². The lowest BCUT2D eigenvalue weighted by atomic mass is 10.2. The first-order chi connectivity index (χ1) is 9.13. The third-order valence-corrected chi connectivity index (χ3v) is 4.20. The molecule has 0 unspecified atom stereocenters. The predicted molar refractivity (Wildman–Crippen MR) is 72.6 cm³/mol. The van der Waals surface area contributed by atoms with Crippen LogP contribution in [-0.2, 0) is 23.1 Å². The summed E-state index contributed by atoms with van der Waals surface area (Å²) < 4.78 is 27.0. The molecule has 1 aromatic heterocycles. The number of aromatic nitrogens is 1. The van der Waals surface area contributed by atoms with Crippen LogP contribution in [0.15, 0.2) is 53.7 Å². The van der Waals surface area contributed by atoms with Crippen LogP contribution >= 0.6 is 0 Å². The van der Waals surface area contributed by atoms with Crippen LogP contribution in [0.1, 0.15) is 11.1 Å². The zero-order valence-corrected chi connectivity index (χ0v) is 11.1. The van der Waals surface area contributed by atoms with Gasteiger partial charge in [-0.2, -0.15) is 0 Å². The van der Waals surface area contributed by atoms with Gasteiger partial charge in [0.2, 0.25) is 10.0 Å². The second-order valence-electron chi connectivity index (χ2n) is 3.99. The van der Waals surface area contributed by atoms with Gasteiger partial charge in [0.15, 0.2) is 0 Å². The van der Waals surface area contributed by atoms with Crippen molar-refractivity contribution < 1.29 is 8.42 Å². The fourth-order valence-corrected chi connectivity index (χ4v) is 2.96. The van der Waals surface area contributed by atoms with E-state index in [1.807, 2.05) is 0 Å². The maximum absolute atomic E-state index is 12.2. The molecule has 3 N–H and O–H groups in total. The van der Waals surface area contributed by atoms with E-state index in [1.54, 1.807) is 48.8 Å². The highest BCUT2D eigenvalue weighted by Crippen LogP contribution is 2.15. The van der Waals surface area contributed by atoms with E-state index in [4.69, 9.17) is 5.73 Å². The summed E-state index contributed by atoms with van der Waals surface area (Å²) in [5, 5.41) is 0. The molecule has 0 saturated heterocycles. The molecule has 100 valence electrons. The molecule has 0 fully saturated rings. The van der Waals surface area contributed by atoms with Crippen molar-refractivity contribution in [3.8, 4) is 0 Å². The van der Waals surface area contributed by atoms with E-state index >= 15 is 0 Å². The standard InChI is InChI=1S/C13H15N3O2S/c14-9-12-3-1-2-4-13(12)19(17,18)16-10-11-5-7-15-8-6-11/h1-8,16H,9-10,14H2. The van der Waals surface area contributed by atoms with Crippen LogP contribution in [0.5, 0.6) is 0 Å². The average Bonchev–Trinajstić information content (AvgIpc) is 2.46. The maximum Gasteiger partial charge on any atom is 0.241 e. The minimum atomic E-state index is -3.55. The average molecular weight is 277 g/mol. The topological polar surface area (TPSA) is 85.1 Å². The number of nitrogens with zero attached hydrogens (tertiary/aromatic N) is 1. The Hall–Kier alpha value is -1.76. The molecule has 2 rings (SSSR count). The Labute approximate surface area is 112 Å². The van der Waals surface area contributed by atoms with Gasteiger partial charge in [0.25, 0.3) is 0 Å². The third-order valence-electron chi connectivity index (χ3n) is 2.70. The van der Waals surface area contributed by atoms with Gasteiger partial charge < -0.3 is 5.73 Å². The van der Waals surface area contributed by atoms with Crippen LogP contribution < -0.4 is 10.5 Å². The third kappa shape index (κ3) is 3.37. The van der Waals surface area contributed by atoms with Crippen molar-refractivity contribution in [2.75, 3.05) is 0 Å². The fourth-order valence-electron chi connectivity index (χ4n) is 1.69. The summed E-state index contributed by atoms with van der Waals surface area (Å²) in [7, 11) is -3.55. The Kier molecular flexibility index (Phi) is 4.26. The van der Waals surface area contributed by atoms with Crippen molar-refractivity contribution >= 4 is 10.0 Å². The second kappa shape index (κ2) is 5.92. The Morgan fingerprint density at radius 3 is 2.47 bits per heavy atom. The van der Waals surface area contributed by atoms with Crippen LogP contribution in [0.2, 0.25) is 0 Å². The molecule has 0 amide bonds. The van der Waals surface area contributed by atoms with E-state index in [2.05, 4.69) is 9.71 Å². The monoisotopic (exact) mass is 277 g/mol. The van der Waals surface area contributed by atoms with Gasteiger partial charge in [-0.1, -0.05) is 18.2 Å². The summed E-state index contributed by atoms with van der Waals surface area (Å²) in [4.78, 5) is 4.11. The second-order valence-corrected chi connectivity index (χ2v) is 5.73. The van der Waals surface area contributed by atoms with Crippen molar-refractivity contribution in [1.29, 1.82) is 0 Å². The highest BCUT2D eigenvalue weighted by Gasteiger charge is 2.16. The summed E-state index contributed by atoms with van der Waals surface area (Å²) >= 11 is 0. The van der Waals surface area contributed by atoms with Crippen LogP contribution in [0.4, 0.5) is 0 Å². The number of nitrogens with one attached hydrogen (secondary N) is 1. The van der Waals surface area contributed by atoms with Crippen LogP contribution in [-0.4, -0.2) is 13.4 Å². The Morgan fingerprint density at radius 1 is 1.11 bits per heavy atom. The Morgan fingerprint density at radius 2 is 1.79 bits per heavy atom. The first-order valence-corrected chi connectivity index (χ1v) is 7.28. The van der Waals surface area contributed by atoms with Gasteiger partial charge in [-0.05, 0) is 29.3 Å². The van der Waals surface area contributed by atoms with E-state index < -0.39 is 10.0 Å². The largest absolute Gasteiger partial charge is 0.326 e. The predicted octanol–water partition coefficient (Wildman–Crippen LogP) is 1.02. The van der Waals surface area contributed by atoms with Gasteiger partial charge >= 0.3 is 0 Å². The van der Waals surface area contributed by atoms with Crippen molar-refractivity contribution in [3.63, 3.8) is 0 Å². The van der Waals surface area contributed by atoms with Gasteiger partial charge in [0.05, 0.1) is 4.90 Å². The molecule has 0 bridgehead atoms. The normalized spacial score (nSPS) is 11.4. The Bertz CT molecular complexity index is 642. The maximum atomic E-state index is 12.2. The van der Waals surface area contributed by atoms with Crippen molar-refractivity contribution in [1.82, 2.24) is 9.71 Å². The summed E-state index contributed by atoms with van der Waals surface area (Å²) in [6, 6.07) is 10.2. The smallest absolute Gasteiger partial charge is 0.241 e. The van der Waals surface area contributed by atoms with E-state index in [0.717, 1.165) is 5.56 Å². The molecule has 2 aromatic rings. The number of nitrogens with two attached hydrogens (primary N) is 1. The van der Waals surface area contributed by atoms with Crippen LogP contribution in [0.3, 0.4) is 0 Å². The molecule has 19 heavy (non-hydrogen) atoms. The molecule has 0 radical (unpaired) electrons. The van der Waals surface area contributed by atoms with E-state index in [9.17, 15) is 8.42 Å². The minimum Gasteiger partial charge on any atom is -0.326 e. The highest BCUT2D eigenvalue weighted by molar-refractivity contribution is 7.89. The Balaban J connectivity index is 2.19. The van der Waals surface area contributed by atoms with Gasteiger partial charge in [0.1, 0.15) is 0 Å². The molecule has 0 aliphatic carbocycles. The van der Waals surface area contributed by atoms with E-state index in [0.29, 0.717) is 5.56 Å². The lowest BCUT2D eigenvalue weighted by Crippen LogP contribution is -2.24. The van der Waals surface area contributed by atoms with Crippen molar-refractivity contribution in [2.24, 2.45) is 5.73 Å². The zero-order chi connectivity index (χ0) is 13.7. The first-order valence-electron chi connectivity index (χ1n) is 5.80. The molecule has 1 heterocycles. The molecule has 1 aromatic carbocycles. The zero-order valence-electron chi connectivity index (χ0n) is 10.3. The summed E-state index contributed by atoms with van der Waals surface area (Å²) in [6.45, 7) is 0.413. The van der Waals surface area contributed by atoms with Gasteiger partial charge in [-0.3, -0.25) is 4.98 Å². The number of hydrogen-bond donors (Lipinski definition) is 2. The molecule has 6 heteroatoms.